The summed E-state index contributed by atoms with van der Waals surface area (Å²) in [5.74, 6) is 0. The van der Waals surface area contributed by atoms with E-state index in [2.05, 4.69) is 5.50 Å². The van der Waals surface area contributed by atoms with Crippen molar-refractivity contribution < 1.29 is 9.36 Å². The van der Waals surface area contributed by atoms with Crippen LogP contribution in [0.1, 0.15) is 6.92 Å². The van der Waals surface area contributed by atoms with E-state index in [0.29, 0.717) is 0 Å². The highest BCUT2D eigenvalue weighted by molar-refractivity contribution is 7.61. The minimum atomic E-state index is -2.34. The van der Waals surface area contributed by atoms with Gasteiger partial charge in [-0.3, -0.25) is 10.3 Å². The molecule has 1 unspecified atom stereocenters. The van der Waals surface area contributed by atoms with Crippen molar-refractivity contribution in [3.05, 3.63) is 0 Å². The molecule has 4 heteroatoms. The van der Waals surface area contributed by atoms with Crippen molar-refractivity contribution in [2.24, 2.45) is 5.50 Å². The number of hydrogen-bond donors (Lipinski definition) is 1. The van der Waals surface area contributed by atoms with Gasteiger partial charge in [0.05, 0.1) is 0 Å². The molecule has 2 N–H and O–H groups in total. The van der Waals surface area contributed by atoms with E-state index < -0.39 is 13.5 Å². The molecule has 36 valence electrons. The molecule has 0 radical (unpaired) electrons. The standard InChI is InChI=1S/C2H6NO2P/c1-2(4)6(3)5/h6H,1H3,(H2,3,5). The summed E-state index contributed by atoms with van der Waals surface area (Å²) < 4.78 is 9.76. The molecule has 0 heterocycles. The molecule has 0 saturated carbocycles. The predicted molar refractivity (Wildman–Crippen MR) is 23.9 cm³/mol. The lowest BCUT2D eigenvalue weighted by molar-refractivity contribution is -0.109. The van der Waals surface area contributed by atoms with Gasteiger partial charge in [-0.2, -0.15) is 0 Å². The topological polar surface area (TPSA) is 60.2 Å². The molecule has 0 aromatic heterocycles. The van der Waals surface area contributed by atoms with E-state index in [0.717, 1.165) is 0 Å². The van der Waals surface area contributed by atoms with Crippen molar-refractivity contribution in [2.45, 2.75) is 6.92 Å². The zero-order valence-electron chi connectivity index (χ0n) is 3.39. The van der Waals surface area contributed by atoms with Crippen molar-refractivity contribution in [1.29, 1.82) is 0 Å². The minimum absolute atomic E-state index is 0.417. The van der Waals surface area contributed by atoms with Crippen LogP contribution in [-0.2, 0) is 9.36 Å². The third-order valence-corrected chi connectivity index (χ3v) is 1.04. The predicted octanol–water partition coefficient (Wildman–Crippen LogP) is -0.0337. The zero-order chi connectivity index (χ0) is 5.15. The zero-order valence-corrected chi connectivity index (χ0v) is 4.39. The number of carbonyl (C=O) groups excluding carboxylic acids is 1. The molecule has 0 aromatic carbocycles. The van der Waals surface area contributed by atoms with Gasteiger partial charge in [-0.15, -0.1) is 0 Å². The molecule has 0 saturated heterocycles. The van der Waals surface area contributed by atoms with Gasteiger partial charge in [-0.1, -0.05) is 0 Å². The van der Waals surface area contributed by atoms with E-state index >= 15 is 0 Å². The molecule has 0 amide bonds. The Morgan fingerprint density at radius 1 is 1.83 bits per heavy atom. The van der Waals surface area contributed by atoms with Crippen molar-refractivity contribution in [3.8, 4) is 0 Å². The third kappa shape index (κ3) is 2.12. The van der Waals surface area contributed by atoms with Gasteiger partial charge in [0, 0.05) is 6.92 Å². The Kier molecular flexibility index (Phi) is 2.06. The van der Waals surface area contributed by atoms with Gasteiger partial charge in [0.2, 0.25) is 0 Å². The highest BCUT2D eigenvalue weighted by Gasteiger charge is 1.92. The molecule has 0 aliphatic heterocycles. The largest absolute Gasteiger partial charge is 0.302 e. The lowest BCUT2D eigenvalue weighted by Gasteiger charge is -1.76. The van der Waals surface area contributed by atoms with Crippen LogP contribution >= 0.6 is 7.95 Å². The maximum Gasteiger partial charge on any atom is 0.199 e. The van der Waals surface area contributed by atoms with Gasteiger partial charge < -0.3 is 4.57 Å². The fourth-order valence-corrected chi connectivity index (χ4v) is 0. The Hall–Kier alpha value is -0.140. The smallest absolute Gasteiger partial charge is 0.199 e. The summed E-state index contributed by atoms with van der Waals surface area (Å²) in [4.78, 5) is 9.75. The molecule has 0 aliphatic carbocycles. The van der Waals surface area contributed by atoms with Crippen molar-refractivity contribution >= 4 is 13.5 Å². The maximum atomic E-state index is 9.76. The summed E-state index contributed by atoms with van der Waals surface area (Å²) in [6.07, 6.45) is 0. The van der Waals surface area contributed by atoms with Gasteiger partial charge in [0.25, 0.3) is 0 Å². The van der Waals surface area contributed by atoms with Gasteiger partial charge in [0.1, 0.15) is 0 Å². The second-order valence-corrected chi connectivity index (χ2v) is 2.35. The molecule has 0 fully saturated rings. The molecular weight excluding hydrogens is 101 g/mol. The van der Waals surface area contributed by atoms with E-state index in [4.69, 9.17) is 0 Å². The average molecular weight is 107 g/mol. The first-order valence-corrected chi connectivity index (χ1v) is 2.93. The lowest BCUT2D eigenvalue weighted by Crippen LogP contribution is -1.86. The molecule has 1 atom stereocenters. The number of rotatable bonds is 1. The monoisotopic (exact) mass is 107 g/mol. The fourth-order valence-electron chi connectivity index (χ4n) is 0. The van der Waals surface area contributed by atoms with E-state index in [1.807, 2.05) is 0 Å². The number of hydrogen-bond acceptors (Lipinski definition) is 2. The van der Waals surface area contributed by atoms with Gasteiger partial charge in [0.15, 0.2) is 13.5 Å². The molecule has 3 nitrogen and oxygen atoms in total. The van der Waals surface area contributed by atoms with Crippen molar-refractivity contribution in [2.75, 3.05) is 0 Å². The fraction of sp³-hybridized carbons (Fsp3) is 0.500. The molecule has 6 heavy (non-hydrogen) atoms. The first-order valence-electron chi connectivity index (χ1n) is 1.45. The second kappa shape index (κ2) is 2.11. The maximum absolute atomic E-state index is 9.76. The van der Waals surface area contributed by atoms with Crippen LogP contribution in [0.25, 0.3) is 0 Å². The van der Waals surface area contributed by atoms with Crippen LogP contribution in [0.15, 0.2) is 0 Å². The third-order valence-electron chi connectivity index (χ3n) is 0.347. The number of nitrogens with two attached hydrogens (primary N) is 1. The molecule has 0 bridgehead atoms. The highest BCUT2D eigenvalue weighted by Crippen LogP contribution is 2.05. The lowest BCUT2D eigenvalue weighted by atomic mass is 10.9. The Bertz CT molecular complexity index is 77.5. The highest BCUT2D eigenvalue weighted by atomic mass is 31.1. The molecule has 0 rings (SSSR count). The van der Waals surface area contributed by atoms with Gasteiger partial charge in [-0.05, 0) is 0 Å². The molecule has 0 aliphatic rings. The Labute approximate surface area is 36.4 Å². The van der Waals surface area contributed by atoms with Gasteiger partial charge >= 0.3 is 0 Å². The van der Waals surface area contributed by atoms with Crippen molar-refractivity contribution in [1.82, 2.24) is 0 Å². The summed E-state index contributed by atoms with van der Waals surface area (Å²) in [7, 11) is -2.34. The second-order valence-electron chi connectivity index (χ2n) is 0.920. The van der Waals surface area contributed by atoms with Crippen LogP contribution in [-0.4, -0.2) is 5.52 Å². The minimum Gasteiger partial charge on any atom is -0.302 e. The van der Waals surface area contributed by atoms with E-state index in [1.165, 1.54) is 6.92 Å². The molecular formula is C2H6NO2P. The summed E-state index contributed by atoms with van der Waals surface area (Å²) in [5, 5.41) is 0. The van der Waals surface area contributed by atoms with Crippen LogP contribution < -0.4 is 5.50 Å². The van der Waals surface area contributed by atoms with Gasteiger partial charge in [-0.25, -0.2) is 0 Å². The van der Waals surface area contributed by atoms with Crippen LogP contribution in [0.3, 0.4) is 0 Å². The van der Waals surface area contributed by atoms with Crippen LogP contribution in [0.5, 0.6) is 0 Å². The molecule has 0 aromatic rings. The van der Waals surface area contributed by atoms with E-state index in [1.54, 1.807) is 0 Å². The average Bonchev–Trinajstić information content (AvgIpc) is 1.36. The Balaban J connectivity index is 3.57. The normalized spacial score (nSPS) is 13.7. The quantitative estimate of drug-likeness (QED) is 0.478. The van der Waals surface area contributed by atoms with Crippen LogP contribution in [0.4, 0.5) is 0 Å². The summed E-state index contributed by atoms with van der Waals surface area (Å²) in [5.41, 5.74) is 4.22. The van der Waals surface area contributed by atoms with Crippen LogP contribution in [0.2, 0.25) is 0 Å². The summed E-state index contributed by atoms with van der Waals surface area (Å²) >= 11 is 0. The van der Waals surface area contributed by atoms with E-state index in [-0.39, 0.29) is 0 Å². The summed E-state index contributed by atoms with van der Waals surface area (Å²) in [6, 6.07) is 0. The van der Waals surface area contributed by atoms with E-state index in [9.17, 15) is 9.36 Å². The number of carbonyl (C=O) groups is 1. The summed E-state index contributed by atoms with van der Waals surface area (Å²) in [6.45, 7) is 1.21. The van der Waals surface area contributed by atoms with Crippen LogP contribution in [0, 0.1) is 0 Å². The Morgan fingerprint density at radius 3 is 2.00 bits per heavy atom. The Morgan fingerprint density at radius 2 is 2.00 bits per heavy atom. The molecule has 0 spiro atoms. The van der Waals surface area contributed by atoms with Crippen molar-refractivity contribution in [3.63, 3.8) is 0 Å². The first-order chi connectivity index (χ1) is 2.64. The SMILES string of the molecule is CC(=O)[PH](N)=O. The first kappa shape index (κ1) is 5.86.